The third-order valence-corrected chi connectivity index (χ3v) is 4.04. The van der Waals surface area contributed by atoms with E-state index >= 15 is 0 Å². The second-order valence-corrected chi connectivity index (χ2v) is 5.90. The van der Waals surface area contributed by atoms with E-state index in [2.05, 4.69) is 15.5 Å². The number of hydrogen-bond donors (Lipinski definition) is 2. The molecule has 126 valence electrons. The first-order valence-electron chi connectivity index (χ1n) is 7.67. The van der Waals surface area contributed by atoms with Crippen LogP contribution >= 0.6 is 11.6 Å². The summed E-state index contributed by atoms with van der Waals surface area (Å²) in [5.41, 5.74) is 1.53. The summed E-state index contributed by atoms with van der Waals surface area (Å²) < 4.78 is 5.26. The van der Waals surface area contributed by atoms with Crippen molar-refractivity contribution >= 4 is 29.1 Å². The van der Waals surface area contributed by atoms with Crippen molar-refractivity contribution in [1.29, 1.82) is 0 Å². The standard InChI is InChI=1S/C16H22ClN3O3/c1-12-2-3-13(10-14(12)17)19-16(22)11-15(21)18-4-5-20-6-8-23-9-7-20/h2-3,10H,4-9,11H2,1H3,(H,18,21)(H,19,22). The normalized spacial score (nSPS) is 15.2. The Morgan fingerprint density at radius 2 is 2.00 bits per heavy atom. The van der Waals surface area contributed by atoms with Gasteiger partial charge in [-0.05, 0) is 24.6 Å². The predicted octanol–water partition coefficient (Wildman–Crippen LogP) is 1.43. The minimum Gasteiger partial charge on any atom is -0.379 e. The third kappa shape index (κ3) is 6.17. The average Bonchev–Trinajstić information content (AvgIpc) is 2.52. The van der Waals surface area contributed by atoms with Crippen LogP contribution in [0.3, 0.4) is 0 Å². The van der Waals surface area contributed by atoms with Crippen molar-refractivity contribution < 1.29 is 14.3 Å². The van der Waals surface area contributed by atoms with Crippen LogP contribution in [-0.4, -0.2) is 56.1 Å². The van der Waals surface area contributed by atoms with Gasteiger partial charge in [-0.3, -0.25) is 14.5 Å². The van der Waals surface area contributed by atoms with E-state index in [9.17, 15) is 9.59 Å². The van der Waals surface area contributed by atoms with Crippen LogP contribution in [0.5, 0.6) is 0 Å². The lowest BCUT2D eigenvalue weighted by molar-refractivity contribution is -0.126. The average molecular weight is 340 g/mol. The lowest BCUT2D eigenvalue weighted by Crippen LogP contribution is -2.41. The lowest BCUT2D eigenvalue weighted by Gasteiger charge is -2.26. The number of carbonyl (C=O) groups excluding carboxylic acids is 2. The van der Waals surface area contributed by atoms with E-state index in [4.69, 9.17) is 16.3 Å². The minimum absolute atomic E-state index is 0.200. The predicted molar refractivity (Wildman–Crippen MR) is 89.7 cm³/mol. The topological polar surface area (TPSA) is 70.7 Å². The number of ether oxygens (including phenoxy) is 1. The molecule has 1 aromatic rings. The summed E-state index contributed by atoms with van der Waals surface area (Å²) in [6.07, 6.45) is -0.200. The molecule has 1 fully saturated rings. The van der Waals surface area contributed by atoms with Crippen LogP contribution in [0, 0.1) is 6.92 Å². The smallest absolute Gasteiger partial charge is 0.233 e. The van der Waals surface area contributed by atoms with Gasteiger partial charge in [0.25, 0.3) is 0 Å². The fraction of sp³-hybridized carbons (Fsp3) is 0.500. The summed E-state index contributed by atoms with van der Waals surface area (Å²) in [4.78, 5) is 25.8. The maximum absolute atomic E-state index is 11.8. The number of nitrogens with zero attached hydrogens (tertiary/aromatic N) is 1. The molecule has 1 heterocycles. The fourth-order valence-electron chi connectivity index (χ4n) is 2.26. The molecule has 7 heteroatoms. The van der Waals surface area contributed by atoms with Crippen LogP contribution in [-0.2, 0) is 14.3 Å². The van der Waals surface area contributed by atoms with Crippen LogP contribution in [0.1, 0.15) is 12.0 Å². The Morgan fingerprint density at radius 3 is 2.70 bits per heavy atom. The molecule has 2 rings (SSSR count). The van der Waals surface area contributed by atoms with E-state index < -0.39 is 0 Å². The number of amides is 2. The van der Waals surface area contributed by atoms with Crippen LogP contribution in [0.4, 0.5) is 5.69 Å². The quantitative estimate of drug-likeness (QED) is 0.769. The highest BCUT2D eigenvalue weighted by atomic mass is 35.5. The second kappa shape index (κ2) is 8.86. The lowest BCUT2D eigenvalue weighted by atomic mass is 10.2. The van der Waals surface area contributed by atoms with Gasteiger partial charge in [0.1, 0.15) is 6.42 Å². The van der Waals surface area contributed by atoms with Gasteiger partial charge >= 0.3 is 0 Å². The Bertz CT molecular complexity index is 560. The summed E-state index contributed by atoms with van der Waals surface area (Å²) in [5.74, 6) is -0.636. The minimum atomic E-state index is -0.353. The van der Waals surface area contributed by atoms with E-state index in [1.807, 2.05) is 13.0 Å². The molecule has 1 aliphatic heterocycles. The third-order valence-electron chi connectivity index (χ3n) is 3.63. The maximum atomic E-state index is 11.8. The van der Waals surface area contributed by atoms with Gasteiger partial charge in [-0.1, -0.05) is 17.7 Å². The molecule has 0 radical (unpaired) electrons. The van der Waals surface area contributed by atoms with Crippen molar-refractivity contribution in [3.63, 3.8) is 0 Å². The zero-order valence-corrected chi connectivity index (χ0v) is 14.0. The summed E-state index contributed by atoms with van der Waals surface area (Å²) >= 11 is 6.00. The van der Waals surface area contributed by atoms with Gasteiger partial charge < -0.3 is 15.4 Å². The zero-order chi connectivity index (χ0) is 16.7. The molecule has 0 bridgehead atoms. The monoisotopic (exact) mass is 339 g/mol. The van der Waals surface area contributed by atoms with E-state index in [-0.39, 0.29) is 18.2 Å². The van der Waals surface area contributed by atoms with Crippen LogP contribution < -0.4 is 10.6 Å². The molecular formula is C16H22ClN3O3. The highest BCUT2D eigenvalue weighted by Gasteiger charge is 2.12. The largest absolute Gasteiger partial charge is 0.379 e. The molecule has 2 N–H and O–H groups in total. The molecule has 23 heavy (non-hydrogen) atoms. The van der Waals surface area contributed by atoms with Gasteiger partial charge in [0.05, 0.1) is 13.2 Å². The SMILES string of the molecule is Cc1ccc(NC(=O)CC(=O)NCCN2CCOCC2)cc1Cl. The first-order chi connectivity index (χ1) is 11.0. The summed E-state index contributed by atoms with van der Waals surface area (Å²) in [6, 6.07) is 5.25. The van der Waals surface area contributed by atoms with Crippen LogP contribution in [0.25, 0.3) is 0 Å². The van der Waals surface area contributed by atoms with Crippen molar-refractivity contribution in [2.24, 2.45) is 0 Å². The molecule has 1 saturated heterocycles. The number of morpholine rings is 1. The molecule has 0 saturated carbocycles. The van der Waals surface area contributed by atoms with Crippen LogP contribution in [0.15, 0.2) is 18.2 Å². The number of carbonyl (C=O) groups is 2. The molecule has 1 aliphatic rings. The van der Waals surface area contributed by atoms with E-state index in [0.29, 0.717) is 17.3 Å². The molecule has 0 atom stereocenters. The molecule has 0 unspecified atom stereocenters. The first-order valence-corrected chi connectivity index (χ1v) is 8.05. The van der Waals surface area contributed by atoms with Gasteiger partial charge in [0.2, 0.25) is 11.8 Å². The summed E-state index contributed by atoms with van der Waals surface area (Å²) in [5, 5.41) is 6.01. The number of halogens is 1. The molecule has 1 aromatic carbocycles. The van der Waals surface area contributed by atoms with Crippen LogP contribution in [0.2, 0.25) is 5.02 Å². The molecule has 6 nitrogen and oxygen atoms in total. The van der Waals surface area contributed by atoms with E-state index in [1.54, 1.807) is 12.1 Å². The number of hydrogen-bond acceptors (Lipinski definition) is 4. The van der Waals surface area contributed by atoms with Crippen molar-refractivity contribution in [2.75, 3.05) is 44.7 Å². The van der Waals surface area contributed by atoms with Gasteiger partial charge in [-0.15, -0.1) is 0 Å². The molecule has 0 aliphatic carbocycles. The molecular weight excluding hydrogens is 318 g/mol. The number of benzene rings is 1. The van der Waals surface area contributed by atoms with Crippen molar-refractivity contribution in [3.05, 3.63) is 28.8 Å². The first kappa shape index (κ1) is 17.7. The Kier molecular flexibility index (Phi) is 6.83. The van der Waals surface area contributed by atoms with E-state index in [1.165, 1.54) is 0 Å². The number of nitrogens with one attached hydrogen (secondary N) is 2. The Hall–Kier alpha value is -1.63. The highest BCUT2D eigenvalue weighted by Crippen LogP contribution is 2.19. The molecule has 0 spiro atoms. The van der Waals surface area contributed by atoms with Gasteiger partial charge in [0.15, 0.2) is 0 Å². The highest BCUT2D eigenvalue weighted by molar-refractivity contribution is 6.31. The fourth-order valence-corrected chi connectivity index (χ4v) is 2.44. The van der Waals surface area contributed by atoms with Gasteiger partial charge in [-0.2, -0.15) is 0 Å². The van der Waals surface area contributed by atoms with Crippen molar-refractivity contribution in [1.82, 2.24) is 10.2 Å². The maximum Gasteiger partial charge on any atom is 0.233 e. The second-order valence-electron chi connectivity index (χ2n) is 5.49. The number of rotatable bonds is 6. The number of aryl methyl sites for hydroxylation is 1. The Balaban J connectivity index is 1.67. The Morgan fingerprint density at radius 1 is 1.26 bits per heavy atom. The van der Waals surface area contributed by atoms with E-state index in [0.717, 1.165) is 38.4 Å². The number of anilines is 1. The van der Waals surface area contributed by atoms with Gasteiger partial charge in [-0.25, -0.2) is 0 Å². The Labute approximate surface area is 141 Å². The van der Waals surface area contributed by atoms with Crippen molar-refractivity contribution in [2.45, 2.75) is 13.3 Å². The summed E-state index contributed by atoms with van der Waals surface area (Å²) in [7, 11) is 0. The zero-order valence-electron chi connectivity index (χ0n) is 13.2. The molecule has 0 aromatic heterocycles. The summed E-state index contributed by atoms with van der Waals surface area (Å²) in [6.45, 7) is 6.41. The van der Waals surface area contributed by atoms with Gasteiger partial charge in [0, 0.05) is 36.9 Å². The molecule has 2 amide bonds. The van der Waals surface area contributed by atoms with Crippen molar-refractivity contribution in [3.8, 4) is 0 Å².